The number of nitrogens with zero attached hydrogens (tertiary/aromatic N) is 2. The van der Waals surface area contributed by atoms with Crippen molar-refractivity contribution >= 4 is 11.8 Å². The van der Waals surface area contributed by atoms with Gasteiger partial charge in [-0.05, 0) is 37.0 Å². The molecule has 1 aromatic heterocycles. The third-order valence-electron chi connectivity index (χ3n) is 3.15. The largest absolute Gasteiger partial charge is 0.460 e. The molecule has 0 fully saturated rings. The number of carbonyl (C=O) groups excluding carboxylic acids is 2. The maximum atomic E-state index is 11.7. The number of Topliss-reactive ketones (excluding diaryl/α,β-unsaturated/α-hetero) is 1. The molecule has 0 saturated heterocycles. The lowest BCUT2D eigenvalue weighted by Crippen LogP contribution is -2.20. The molecular weight excluding hydrogens is 280 g/mol. The van der Waals surface area contributed by atoms with Gasteiger partial charge in [0.2, 0.25) is 5.78 Å². The Morgan fingerprint density at radius 3 is 2.55 bits per heavy atom. The van der Waals surface area contributed by atoms with Crippen molar-refractivity contribution in [1.29, 1.82) is 0 Å². The number of rotatable bonds is 7. The van der Waals surface area contributed by atoms with Crippen LogP contribution in [-0.4, -0.2) is 28.6 Å². The van der Waals surface area contributed by atoms with Crippen molar-refractivity contribution in [2.24, 2.45) is 0 Å². The van der Waals surface area contributed by atoms with Gasteiger partial charge in [-0.25, -0.2) is 4.79 Å². The van der Waals surface area contributed by atoms with E-state index in [9.17, 15) is 9.59 Å². The first-order valence-electron chi connectivity index (χ1n) is 7.23. The van der Waals surface area contributed by atoms with Gasteiger partial charge in [0, 0.05) is 0 Å². The van der Waals surface area contributed by atoms with Crippen LogP contribution in [0.15, 0.2) is 42.6 Å². The second kappa shape index (κ2) is 8.02. The molecule has 2 aromatic rings. The molecule has 0 saturated carbocycles. The molecule has 1 aromatic carbocycles. The minimum Gasteiger partial charge on any atom is -0.460 e. The summed E-state index contributed by atoms with van der Waals surface area (Å²) in [7, 11) is 0. The summed E-state index contributed by atoms with van der Waals surface area (Å²) in [5.41, 5.74) is 2.72. The van der Waals surface area contributed by atoms with Crippen molar-refractivity contribution in [1.82, 2.24) is 10.2 Å². The summed E-state index contributed by atoms with van der Waals surface area (Å²) in [4.78, 5) is 23.0. The number of aryl methyl sites for hydroxylation is 2. The molecule has 0 aliphatic heterocycles. The van der Waals surface area contributed by atoms with Crippen LogP contribution in [0.1, 0.15) is 23.7 Å². The zero-order valence-electron chi connectivity index (χ0n) is 12.5. The predicted molar refractivity (Wildman–Crippen MR) is 81.2 cm³/mol. The van der Waals surface area contributed by atoms with E-state index in [2.05, 4.69) is 27.1 Å². The van der Waals surface area contributed by atoms with Crippen LogP contribution < -0.4 is 0 Å². The second-order valence-electron chi connectivity index (χ2n) is 4.86. The van der Waals surface area contributed by atoms with Gasteiger partial charge in [0.1, 0.15) is 0 Å². The molecule has 5 heteroatoms. The van der Waals surface area contributed by atoms with Crippen LogP contribution in [0.5, 0.6) is 0 Å². The number of benzene rings is 1. The van der Waals surface area contributed by atoms with E-state index < -0.39 is 11.8 Å². The van der Waals surface area contributed by atoms with Crippen LogP contribution in [0, 0.1) is 0 Å². The van der Waals surface area contributed by atoms with Gasteiger partial charge in [0.15, 0.2) is 0 Å². The minimum atomic E-state index is -0.820. The van der Waals surface area contributed by atoms with E-state index in [4.69, 9.17) is 0 Å². The van der Waals surface area contributed by atoms with Gasteiger partial charge in [-0.2, -0.15) is 10.2 Å². The van der Waals surface area contributed by atoms with Gasteiger partial charge in [-0.3, -0.25) is 4.79 Å². The SMILES string of the molecule is CCOC(=O)C(=O)Cc1cc(CCc2ccccc2)cnn1. The molecule has 0 aliphatic carbocycles. The van der Waals surface area contributed by atoms with Crippen molar-refractivity contribution in [2.45, 2.75) is 26.2 Å². The molecule has 0 spiro atoms. The Morgan fingerprint density at radius 1 is 1.09 bits per heavy atom. The highest BCUT2D eigenvalue weighted by Gasteiger charge is 2.16. The smallest absolute Gasteiger partial charge is 0.375 e. The molecule has 0 N–H and O–H groups in total. The number of hydrogen-bond acceptors (Lipinski definition) is 5. The van der Waals surface area contributed by atoms with Crippen molar-refractivity contribution in [3.05, 3.63) is 59.4 Å². The number of ketones is 1. The fraction of sp³-hybridized carbons (Fsp3) is 0.294. The van der Waals surface area contributed by atoms with Gasteiger partial charge < -0.3 is 4.74 Å². The Hall–Kier alpha value is -2.56. The highest BCUT2D eigenvalue weighted by atomic mass is 16.5. The number of esters is 1. The summed E-state index contributed by atoms with van der Waals surface area (Å²) in [6.45, 7) is 1.85. The third-order valence-corrected chi connectivity index (χ3v) is 3.15. The number of ether oxygens (including phenoxy) is 1. The Balaban J connectivity index is 1.95. The zero-order valence-corrected chi connectivity index (χ0v) is 12.5. The lowest BCUT2D eigenvalue weighted by molar-refractivity contribution is -0.153. The van der Waals surface area contributed by atoms with Gasteiger partial charge >= 0.3 is 5.97 Å². The fourth-order valence-electron chi connectivity index (χ4n) is 2.06. The fourth-order valence-corrected chi connectivity index (χ4v) is 2.06. The Morgan fingerprint density at radius 2 is 1.82 bits per heavy atom. The lowest BCUT2D eigenvalue weighted by atomic mass is 10.0. The maximum absolute atomic E-state index is 11.7. The first-order chi connectivity index (χ1) is 10.7. The van der Waals surface area contributed by atoms with E-state index in [0.717, 1.165) is 18.4 Å². The molecular formula is C17H18N2O3. The average Bonchev–Trinajstić information content (AvgIpc) is 2.54. The van der Waals surface area contributed by atoms with E-state index in [1.54, 1.807) is 13.1 Å². The molecule has 22 heavy (non-hydrogen) atoms. The number of hydrogen-bond donors (Lipinski definition) is 0. The summed E-state index contributed by atoms with van der Waals surface area (Å²) in [5, 5.41) is 7.80. The first-order valence-corrected chi connectivity index (χ1v) is 7.23. The molecule has 1 heterocycles. The molecule has 0 radical (unpaired) electrons. The van der Waals surface area contributed by atoms with Gasteiger partial charge in [0.05, 0.1) is 24.9 Å². The molecule has 0 aliphatic rings. The molecule has 114 valence electrons. The van der Waals surface area contributed by atoms with Gasteiger partial charge in [-0.15, -0.1) is 0 Å². The summed E-state index contributed by atoms with van der Waals surface area (Å²) >= 11 is 0. The quantitative estimate of drug-likeness (QED) is 0.577. The van der Waals surface area contributed by atoms with Crippen LogP contribution in [0.4, 0.5) is 0 Å². The standard InChI is InChI=1S/C17H18N2O3/c1-2-22-17(21)16(20)11-15-10-14(12-18-19-15)9-8-13-6-4-3-5-7-13/h3-7,10,12H,2,8-9,11H2,1H3. The van der Waals surface area contributed by atoms with Crippen molar-refractivity contribution in [3.63, 3.8) is 0 Å². The topological polar surface area (TPSA) is 69.2 Å². The summed E-state index contributed by atoms with van der Waals surface area (Å²) in [5.74, 6) is -1.42. The summed E-state index contributed by atoms with van der Waals surface area (Å²) in [6, 6.07) is 11.9. The Kier molecular flexibility index (Phi) is 5.77. The van der Waals surface area contributed by atoms with Crippen LogP contribution in [0.2, 0.25) is 0 Å². The van der Waals surface area contributed by atoms with Gasteiger partial charge in [-0.1, -0.05) is 30.3 Å². The lowest BCUT2D eigenvalue weighted by Gasteiger charge is -2.04. The van der Waals surface area contributed by atoms with E-state index in [0.29, 0.717) is 5.69 Å². The van der Waals surface area contributed by atoms with Gasteiger partial charge in [0.25, 0.3) is 0 Å². The molecule has 0 atom stereocenters. The highest BCUT2D eigenvalue weighted by Crippen LogP contribution is 2.08. The number of aromatic nitrogens is 2. The van der Waals surface area contributed by atoms with E-state index >= 15 is 0 Å². The third kappa shape index (κ3) is 4.77. The molecule has 5 nitrogen and oxygen atoms in total. The van der Waals surface area contributed by atoms with E-state index in [1.165, 1.54) is 5.56 Å². The Labute approximate surface area is 129 Å². The van der Waals surface area contributed by atoms with Crippen molar-refractivity contribution < 1.29 is 14.3 Å². The van der Waals surface area contributed by atoms with Crippen molar-refractivity contribution in [3.8, 4) is 0 Å². The van der Waals surface area contributed by atoms with E-state index in [-0.39, 0.29) is 13.0 Å². The monoisotopic (exact) mass is 298 g/mol. The Bertz CT molecular complexity index is 641. The molecule has 2 rings (SSSR count). The van der Waals surface area contributed by atoms with Crippen LogP contribution in [0.25, 0.3) is 0 Å². The average molecular weight is 298 g/mol. The van der Waals surface area contributed by atoms with Crippen LogP contribution in [0.3, 0.4) is 0 Å². The molecule has 0 bridgehead atoms. The van der Waals surface area contributed by atoms with Crippen LogP contribution >= 0.6 is 0 Å². The predicted octanol–water partition coefficient (Wildman–Crippen LogP) is 1.94. The summed E-state index contributed by atoms with van der Waals surface area (Å²) < 4.78 is 4.67. The molecule has 0 unspecified atom stereocenters. The molecule has 0 amide bonds. The first kappa shape index (κ1) is 15.8. The summed E-state index contributed by atoms with van der Waals surface area (Å²) in [6.07, 6.45) is 3.30. The zero-order chi connectivity index (χ0) is 15.8. The highest BCUT2D eigenvalue weighted by molar-refractivity contribution is 6.34. The second-order valence-corrected chi connectivity index (χ2v) is 4.86. The maximum Gasteiger partial charge on any atom is 0.375 e. The van der Waals surface area contributed by atoms with Crippen molar-refractivity contribution in [2.75, 3.05) is 6.61 Å². The van der Waals surface area contributed by atoms with E-state index in [1.807, 2.05) is 24.3 Å². The number of carbonyl (C=O) groups is 2. The normalized spacial score (nSPS) is 10.2. The minimum absolute atomic E-state index is 0.0784. The van der Waals surface area contributed by atoms with Crippen LogP contribution in [-0.2, 0) is 33.6 Å².